The average Bonchev–Trinajstić information content (AvgIpc) is 2.26. The molecule has 0 aliphatic carbocycles. The van der Waals surface area contributed by atoms with Crippen molar-refractivity contribution >= 4 is 17.6 Å². The van der Waals surface area contributed by atoms with Gasteiger partial charge in [0.25, 0.3) is 0 Å². The van der Waals surface area contributed by atoms with E-state index in [0.29, 0.717) is 0 Å². The summed E-state index contributed by atoms with van der Waals surface area (Å²) in [5.74, 6) is -0.381. The summed E-state index contributed by atoms with van der Waals surface area (Å²) in [6, 6.07) is 3.88. The standard InChI is InChI=1S/C13H17ClO2/c1-5-10(13(15)16-4)11-6-9(3)12(14)7-8(11)2/h6-7,10H,5H2,1-4H3. The fourth-order valence-electron chi connectivity index (χ4n) is 1.83. The molecule has 0 amide bonds. The SMILES string of the molecule is CCC(C(=O)OC)c1cc(C)c(Cl)cc1C. The number of ether oxygens (including phenoxy) is 1. The molecule has 0 aliphatic heterocycles. The summed E-state index contributed by atoms with van der Waals surface area (Å²) in [5, 5.41) is 0.737. The molecule has 2 nitrogen and oxygen atoms in total. The highest BCUT2D eigenvalue weighted by atomic mass is 35.5. The maximum Gasteiger partial charge on any atom is 0.313 e. The molecule has 0 bridgehead atoms. The Kier molecular flexibility index (Phi) is 4.36. The third-order valence-corrected chi connectivity index (χ3v) is 3.22. The van der Waals surface area contributed by atoms with Crippen LogP contribution in [0.15, 0.2) is 12.1 Å². The molecular weight excluding hydrogens is 224 g/mol. The number of carbonyl (C=O) groups excluding carboxylic acids is 1. The fraction of sp³-hybridized carbons (Fsp3) is 0.462. The van der Waals surface area contributed by atoms with Crippen LogP contribution in [-0.4, -0.2) is 13.1 Å². The molecular formula is C13H17ClO2. The first-order chi connectivity index (χ1) is 7.51. The number of aryl methyl sites for hydroxylation is 2. The van der Waals surface area contributed by atoms with Crippen molar-refractivity contribution in [2.45, 2.75) is 33.1 Å². The summed E-state index contributed by atoms with van der Waals surface area (Å²) in [6.45, 7) is 5.88. The molecule has 0 spiro atoms. The minimum absolute atomic E-state index is 0.188. The van der Waals surface area contributed by atoms with Crippen LogP contribution in [0, 0.1) is 13.8 Å². The van der Waals surface area contributed by atoms with Crippen molar-refractivity contribution in [3.05, 3.63) is 33.8 Å². The molecule has 0 fully saturated rings. The summed E-state index contributed by atoms with van der Waals surface area (Å²) in [7, 11) is 1.42. The minimum Gasteiger partial charge on any atom is -0.469 e. The Bertz CT molecular complexity index is 399. The number of hydrogen-bond acceptors (Lipinski definition) is 2. The highest BCUT2D eigenvalue weighted by molar-refractivity contribution is 6.31. The van der Waals surface area contributed by atoms with E-state index in [1.807, 2.05) is 32.9 Å². The second kappa shape index (κ2) is 5.35. The zero-order valence-electron chi connectivity index (χ0n) is 10.1. The molecule has 1 unspecified atom stereocenters. The molecule has 1 rings (SSSR count). The second-order valence-corrected chi connectivity index (χ2v) is 4.35. The zero-order valence-corrected chi connectivity index (χ0v) is 10.9. The van der Waals surface area contributed by atoms with Crippen LogP contribution in [-0.2, 0) is 9.53 Å². The van der Waals surface area contributed by atoms with Crippen molar-refractivity contribution < 1.29 is 9.53 Å². The monoisotopic (exact) mass is 240 g/mol. The molecule has 0 saturated carbocycles. The van der Waals surface area contributed by atoms with Gasteiger partial charge in [-0.15, -0.1) is 0 Å². The van der Waals surface area contributed by atoms with Crippen LogP contribution in [0.2, 0.25) is 5.02 Å². The van der Waals surface area contributed by atoms with Gasteiger partial charge in [0.05, 0.1) is 13.0 Å². The van der Waals surface area contributed by atoms with E-state index < -0.39 is 0 Å². The van der Waals surface area contributed by atoms with Crippen LogP contribution in [0.4, 0.5) is 0 Å². The van der Waals surface area contributed by atoms with E-state index >= 15 is 0 Å². The first-order valence-electron chi connectivity index (χ1n) is 5.35. The maximum atomic E-state index is 11.6. The zero-order chi connectivity index (χ0) is 12.3. The molecule has 0 aliphatic rings. The van der Waals surface area contributed by atoms with E-state index in [-0.39, 0.29) is 11.9 Å². The summed E-state index contributed by atoms with van der Waals surface area (Å²) >= 11 is 6.03. The number of hydrogen-bond donors (Lipinski definition) is 0. The van der Waals surface area contributed by atoms with Gasteiger partial charge >= 0.3 is 5.97 Å². The molecule has 16 heavy (non-hydrogen) atoms. The summed E-state index contributed by atoms with van der Waals surface area (Å²) in [5.41, 5.74) is 3.04. The molecule has 0 radical (unpaired) electrons. The average molecular weight is 241 g/mol. The van der Waals surface area contributed by atoms with Gasteiger partial charge in [0, 0.05) is 5.02 Å². The van der Waals surface area contributed by atoms with Gasteiger partial charge in [-0.2, -0.15) is 0 Å². The molecule has 1 atom stereocenters. The maximum absolute atomic E-state index is 11.6. The predicted octanol–water partition coefficient (Wildman–Crippen LogP) is 3.62. The lowest BCUT2D eigenvalue weighted by Gasteiger charge is -2.16. The van der Waals surface area contributed by atoms with Gasteiger partial charge < -0.3 is 4.74 Å². The van der Waals surface area contributed by atoms with Gasteiger partial charge in [0.2, 0.25) is 0 Å². The van der Waals surface area contributed by atoms with E-state index in [1.54, 1.807) is 0 Å². The third kappa shape index (κ3) is 2.56. The Labute approximate surface area is 102 Å². The lowest BCUT2D eigenvalue weighted by atomic mass is 9.91. The molecule has 3 heteroatoms. The number of halogens is 1. The van der Waals surface area contributed by atoms with Gasteiger partial charge in [-0.3, -0.25) is 4.79 Å². The van der Waals surface area contributed by atoms with Crippen molar-refractivity contribution in [1.29, 1.82) is 0 Å². The molecule has 0 heterocycles. The number of carbonyl (C=O) groups is 1. The first-order valence-corrected chi connectivity index (χ1v) is 5.73. The van der Waals surface area contributed by atoms with Crippen LogP contribution < -0.4 is 0 Å². The summed E-state index contributed by atoms with van der Waals surface area (Å²) in [4.78, 5) is 11.6. The van der Waals surface area contributed by atoms with Gasteiger partial charge in [0.1, 0.15) is 0 Å². The Morgan fingerprint density at radius 2 is 2.00 bits per heavy atom. The van der Waals surface area contributed by atoms with E-state index in [1.165, 1.54) is 7.11 Å². The number of esters is 1. The van der Waals surface area contributed by atoms with Crippen LogP contribution >= 0.6 is 11.6 Å². The normalized spacial score (nSPS) is 12.3. The molecule has 0 saturated heterocycles. The third-order valence-electron chi connectivity index (χ3n) is 2.82. The Balaban J connectivity index is 3.20. The largest absolute Gasteiger partial charge is 0.469 e. The Hall–Kier alpha value is -1.02. The first kappa shape index (κ1) is 13.0. The predicted molar refractivity (Wildman–Crippen MR) is 66.0 cm³/mol. The van der Waals surface area contributed by atoms with E-state index in [4.69, 9.17) is 16.3 Å². The Morgan fingerprint density at radius 1 is 1.38 bits per heavy atom. The topological polar surface area (TPSA) is 26.3 Å². The smallest absolute Gasteiger partial charge is 0.313 e. The fourth-order valence-corrected chi connectivity index (χ4v) is 2.05. The number of benzene rings is 1. The van der Waals surface area contributed by atoms with E-state index in [0.717, 1.165) is 28.1 Å². The second-order valence-electron chi connectivity index (χ2n) is 3.94. The lowest BCUT2D eigenvalue weighted by Crippen LogP contribution is -2.14. The van der Waals surface area contributed by atoms with Crippen molar-refractivity contribution in [2.24, 2.45) is 0 Å². The van der Waals surface area contributed by atoms with Crippen molar-refractivity contribution in [3.8, 4) is 0 Å². The van der Waals surface area contributed by atoms with Crippen molar-refractivity contribution in [3.63, 3.8) is 0 Å². The summed E-state index contributed by atoms with van der Waals surface area (Å²) in [6.07, 6.45) is 0.731. The molecule has 0 N–H and O–H groups in total. The Morgan fingerprint density at radius 3 is 2.50 bits per heavy atom. The molecule has 0 aromatic heterocycles. The van der Waals surface area contributed by atoms with Crippen molar-refractivity contribution in [2.75, 3.05) is 7.11 Å². The van der Waals surface area contributed by atoms with Gasteiger partial charge in [0.15, 0.2) is 0 Å². The quantitative estimate of drug-likeness (QED) is 0.755. The van der Waals surface area contributed by atoms with Gasteiger partial charge in [-0.25, -0.2) is 0 Å². The lowest BCUT2D eigenvalue weighted by molar-refractivity contribution is -0.142. The van der Waals surface area contributed by atoms with Crippen LogP contribution in [0.25, 0.3) is 0 Å². The van der Waals surface area contributed by atoms with Gasteiger partial charge in [-0.05, 0) is 43.0 Å². The molecule has 1 aromatic carbocycles. The van der Waals surface area contributed by atoms with E-state index in [2.05, 4.69) is 0 Å². The minimum atomic E-state index is -0.194. The van der Waals surface area contributed by atoms with Crippen LogP contribution in [0.1, 0.15) is 36.0 Å². The van der Waals surface area contributed by atoms with E-state index in [9.17, 15) is 4.79 Å². The van der Waals surface area contributed by atoms with Crippen molar-refractivity contribution in [1.82, 2.24) is 0 Å². The van der Waals surface area contributed by atoms with Crippen LogP contribution in [0.5, 0.6) is 0 Å². The highest BCUT2D eigenvalue weighted by Gasteiger charge is 2.21. The highest BCUT2D eigenvalue weighted by Crippen LogP contribution is 2.28. The summed E-state index contributed by atoms with van der Waals surface area (Å²) < 4.78 is 4.81. The molecule has 1 aromatic rings. The number of methoxy groups -OCH3 is 1. The van der Waals surface area contributed by atoms with Crippen LogP contribution in [0.3, 0.4) is 0 Å². The van der Waals surface area contributed by atoms with Gasteiger partial charge in [-0.1, -0.05) is 24.6 Å². The number of rotatable bonds is 3. The molecule has 88 valence electrons.